The molecule has 320 valence electrons. The number of hydrogen-bond donors (Lipinski definition) is 4. The Labute approximate surface area is 341 Å². The number of nitrogens with zero attached hydrogens (tertiary/aromatic N) is 2. The summed E-state index contributed by atoms with van der Waals surface area (Å²) in [6, 6.07) is -1.68. The van der Waals surface area contributed by atoms with Crippen molar-refractivity contribution in [2.45, 2.75) is 137 Å². The van der Waals surface area contributed by atoms with Crippen molar-refractivity contribution in [1.29, 1.82) is 0 Å². The molecule has 0 aromatic carbocycles. The number of ketones is 2. The first-order chi connectivity index (χ1) is 27.3. The van der Waals surface area contributed by atoms with Crippen LogP contribution in [0.5, 0.6) is 0 Å². The summed E-state index contributed by atoms with van der Waals surface area (Å²) < 4.78 is 4.92. The molecule has 1 aromatic heterocycles. The molecule has 1 saturated carbocycles. The van der Waals surface area contributed by atoms with Gasteiger partial charge in [0.05, 0.1) is 18.2 Å². The van der Waals surface area contributed by atoms with Crippen molar-refractivity contribution >= 4 is 47.1 Å². The molecule has 5 atom stereocenters. The highest BCUT2D eigenvalue weighted by atomic mass is 16.5. The third-order valence-corrected chi connectivity index (χ3v) is 11.0. The predicted octanol–water partition coefficient (Wildman–Crippen LogP) is 4.56. The first kappa shape index (κ1) is 47.4. The highest BCUT2D eigenvalue weighted by Crippen LogP contribution is 2.33. The minimum absolute atomic E-state index is 0.0229. The Morgan fingerprint density at radius 1 is 0.983 bits per heavy atom. The molecule has 1 saturated heterocycles. The quantitative estimate of drug-likeness (QED) is 0.0764. The number of nitrogens with two attached hydrogens (primary N) is 1. The van der Waals surface area contributed by atoms with Gasteiger partial charge in [-0.25, -0.2) is 9.59 Å². The molecule has 0 spiro atoms. The molecule has 3 rings (SSSR count). The summed E-state index contributed by atoms with van der Waals surface area (Å²) >= 11 is 0. The van der Waals surface area contributed by atoms with E-state index < -0.39 is 83.1 Å². The summed E-state index contributed by atoms with van der Waals surface area (Å²) in [4.78, 5) is 111. The third kappa shape index (κ3) is 13.9. The smallest absolute Gasteiger partial charge is 0.338 e. The second-order valence-electron chi connectivity index (χ2n) is 17.0. The maximum absolute atomic E-state index is 14.4. The van der Waals surface area contributed by atoms with E-state index >= 15 is 0 Å². The lowest BCUT2D eigenvalue weighted by Crippen LogP contribution is -2.59. The van der Waals surface area contributed by atoms with Crippen LogP contribution in [-0.2, 0) is 33.5 Å². The van der Waals surface area contributed by atoms with Gasteiger partial charge in [-0.2, -0.15) is 0 Å². The zero-order chi connectivity index (χ0) is 43.2. The highest BCUT2D eigenvalue weighted by molar-refractivity contribution is 6.07. The Morgan fingerprint density at radius 2 is 1.67 bits per heavy atom. The Bertz CT molecular complexity index is 1680. The molecule has 4 amide bonds. The van der Waals surface area contributed by atoms with Gasteiger partial charge in [-0.3, -0.25) is 33.8 Å². The second-order valence-corrected chi connectivity index (χ2v) is 17.0. The van der Waals surface area contributed by atoms with E-state index in [2.05, 4.69) is 15.6 Å². The van der Waals surface area contributed by atoms with Crippen molar-refractivity contribution < 1.29 is 48.2 Å². The summed E-state index contributed by atoms with van der Waals surface area (Å²) in [5, 5.41) is 15.4. The molecule has 1 aliphatic heterocycles. The van der Waals surface area contributed by atoms with Crippen LogP contribution >= 0.6 is 0 Å². The fourth-order valence-corrected chi connectivity index (χ4v) is 7.92. The van der Waals surface area contributed by atoms with Gasteiger partial charge in [0, 0.05) is 55.3 Å². The number of carboxylic acids is 1. The molecule has 2 fully saturated rings. The normalized spacial score (nSPS) is 18.3. The van der Waals surface area contributed by atoms with Crippen molar-refractivity contribution in [3.8, 4) is 0 Å². The van der Waals surface area contributed by atoms with Crippen LogP contribution in [0.15, 0.2) is 30.6 Å². The number of aromatic nitrogens is 1. The number of hydrogen-bond acceptors (Lipinski definition) is 10. The van der Waals surface area contributed by atoms with Gasteiger partial charge in [0.2, 0.25) is 23.6 Å². The lowest BCUT2D eigenvalue weighted by molar-refractivity contribution is -0.145. The van der Waals surface area contributed by atoms with Crippen molar-refractivity contribution in [3.63, 3.8) is 0 Å². The average Bonchev–Trinajstić information content (AvgIpc) is 3.66. The van der Waals surface area contributed by atoms with Crippen LogP contribution in [0.4, 0.5) is 0 Å². The van der Waals surface area contributed by atoms with E-state index in [9.17, 15) is 43.5 Å². The summed E-state index contributed by atoms with van der Waals surface area (Å²) in [7, 11) is 0. The van der Waals surface area contributed by atoms with Crippen LogP contribution < -0.4 is 16.4 Å². The summed E-state index contributed by atoms with van der Waals surface area (Å²) in [5.41, 5.74) is 4.49. The van der Waals surface area contributed by atoms with Gasteiger partial charge in [-0.15, -0.1) is 0 Å². The molecular formula is C43H63N5O10. The minimum atomic E-state index is -1.35. The number of Topliss-reactive ketones (excluding diaryl/α,β-unsaturated/α-hetero) is 2. The third-order valence-electron chi connectivity index (χ3n) is 11.0. The number of rotatable bonds is 21. The van der Waals surface area contributed by atoms with Gasteiger partial charge in [0.15, 0.2) is 11.6 Å². The zero-order valence-electron chi connectivity index (χ0n) is 34.9. The van der Waals surface area contributed by atoms with Crippen LogP contribution in [0.1, 0.15) is 139 Å². The van der Waals surface area contributed by atoms with Gasteiger partial charge in [-0.05, 0) is 75.2 Å². The minimum Gasteiger partial charge on any atom is -0.478 e. The van der Waals surface area contributed by atoms with Gasteiger partial charge in [0.25, 0.3) is 0 Å². The van der Waals surface area contributed by atoms with E-state index in [1.165, 1.54) is 29.3 Å². The number of amides is 4. The van der Waals surface area contributed by atoms with Gasteiger partial charge in [0.1, 0.15) is 12.1 Å². The van der Waals surface area contributed by atoms with Gasteiger partial charge >= 0.3 is 11.9 Å². The molecule has 58 heavy (non-hydrogen) atoms. The topological polar surface area (TPSA) is 232 Å². The lowest BCUT2D eigenvalue weighted by Gasteiger charge is -2.36. The molecule has 15 heteroatoms. The molecule has 0 bridgehead atoms. The molecule has 1 aromatic rings. The zero-order valence-corrected chi connectivity index (χ0v) is 34.9. The van der Waals surface area contributed by atoms with Crippen LogP contribution in [0.2, 0.25) is 0 Å². The summed E-state index contributed by atoms with van der Waals surface area (Å²) in [6.07, 6.45) is 10.7. The fraction of sp³-hybridized carbons (Fsp3) is 0.651. The van der Waals surface area contributed by atoms with E-state index in [-0.39, 0.29) is 61.2 Å². The predicted molar refractivity (Wildman–Crippen MR) is 215 cm³/mol. The average molecular weight is 810 g/mol. The molecule has 5 N–H and O–H groups in total. The van der Waals surface area contributed by atoms with Crippen molar-refractivity contribution in [3.05, 3.63) is 41.7 Å². The highest BCUT2D eigenvalue weighted by Gasteiger charge is 2.43. The first-order valence-electron chi connectivity index (χ1n) is 20.6. The first-order valence-corrected chi connectivity index (χ1v) is 20.6. The van der Waals surface area contributed by atoms with Crippen molar-refractivity contribution in [1.82, 2.24) is 20.5 Å². The summed E-state index contributed by atoms with van der Waals surface area (Å²) in [5.74, 6) is -6.56. The number of allylic oxidation sites excluding steroid dienone is 1. The molecule has 15 nitrogen and oxygen atoms in total. The van der Waals surface area contributed by atoms with Crippen molar-refractivity contribution in [2.75, 3.05) is 13.2 Å². The SMILES string of the molecule is CCOC(=O)/C=C/CC[C@H](CC(=O)c1ccncc1C(=O)O)C(=O)N[C@H](C(=O)N1CCC[C@H]1C(=O)N[C@@H](CC(C)C)C(=O)C[C@H](C(N)=O)C1CCCCC1)C(C)(C)C. The van der Waals surface area contributed by atoms with E-state index in [0.717, 1.165) is 38.3 Å². The maximum atomic E-state index is 14.4. The number of esters is 1. The Kier molecular flexibility index (Phi) is 18.2. The van der Waals surface area contributed by atoms with E-state index in [1.807, 2.05) is 13.8 Å². The standard InChI is InChI=1S/C43H63N5O10/c1-7-58-36(51)18-12-11-16-28(23-34(49)29-19-20-45-25-31(29)42(56)57)39(53)47-37(43(4,5)6)41(55)48-21-13-17-33(48)40(54)46-32(22-26(2)3)35(50)24-30(38(44)52)27-14-9-8-10-15-27/h12,18-20,25-28,30,32-33,37H,7-11,13-17,21-24H2,1-6H3,(H2,44,52)(H,46,54)(H,47,53)(H,56,57)/b18-12+/t28-,30+,32+,33+,37-/m1/s1. The van der Waals surface area contributed by atoms with E-state index in [4.69, 9.17) is 10.5 Å². The molecule has 0 radical (unpaired) electrons. The van der Waals surface area contributed by atoms with Crippen LogP contribution in [0.3, 0.4) is 0 Å². The number of aromatic carboxylic acids is 1. The Balaban J connectivity index is 1.83. The molecular weight excluding hydrogens is 746 g/mol. The number of nitrogens with one attached hydrogen (secondary N) is 2. The van der Waals surface area contributed by atoms with E-state index in [1.54, 1.807) is 27.7 Å². The number of ether oxygens (including phenoxy) is 1. The Hall–Kier alpha value is -4.95. The number of primary amides is 1. The molecule has 0 unspecified atom stereocenters. The van der Waals surface area contributed by atoms with E-state index in [0.29, 0.717) is 19.3 Å². The van der Waals surface area contributed by atoms with Gasteiger partial charge in [-0.1, -0.05) is 60.0 Å². The number of carboxylic acid groups (broad SMARTS) is 1. The number of pyridine rings is 1. The molecule has 1 aliphatic carbocycles. The lowest BCUT2D eigenvalue weighted by atomic mass is 9.76. The van der Waals surface area contributed by atoms with Gasteiger partial charge < -0.3 is 31.1 Å². The molecule has 2 heterocycles. The number of carbonyl (C=O) groups excluding carboxylic acids is 7. The Morgan fingerprint density at radius 3 is 2.28 bits per heavy atom. The van der Waals surface area contributed by atoms with Crippen LogP contribution in [0.25, 0.3) is 0 Å². The van der Waals surface area contributed by atoms with Crippen molar-refractivity contribution in [2.24, 2.45) is 34.8 Å². The molecule has 2 aliphatic rings. The largest absolute Gasteiger partial charge is 0.478 e. The van der Waals surface area contributed by atoms with Crippen LogP contribution in [-0.4, -0.2) is 93.4 Å². The summed E-state index contributed by atoms with van der Waals surface area (Å²) in [6.45, 7) is 11.2. The monoisotopic (exact) mass is 809 g/mol. The fourth-order valence-electron chi connectivity index (χ4n) is 7.92. The maximum Gasteiger partial charge on any atom is 0.338 e. The second kappa shape index (κ2) is 22.3. The number of likely N-dealkylation sites (tertiary alicyclic amines) is 1. The van der Waals surface area contributed by atoms with Crippen LogP contribution in [0, 0.1) is 29.1 Å². The number of carbonyl (C=O) groups is 8.